The number of para-hydroxylation sites is 2. The van der Waals surface area contributed by atoms with Gasteiger partial charge in [-0.05, 0) is 30.0 Å². The predicted molar refractivity (Wildman–Crippen MR) is 110 cm³/mol. The number of amides is 1. The standard InChI is InChI=1S/C20H20N2O4S2/c1-14(23)22(17-7-3-4-8-18(17)25-2)20-21-15(13-28-20)12-26-19(24)10-9-16-6-5-11-27-16/h3-8,11,13H,9-10,12H2,1-2H3. The van der Waals surface area contributed by atoms with E-state index < -0.39 is 0 Å². The van der Waals surface area contributed by atoms with Crippen LogP contribution in [0.15, 0.2) is 47.2 Å². The number of hydrogen-bond donors (Lipinski definition) is 0. The van der Waals surface area contributed by atoms with E-state index in [1.54, 1.807) is 36.0 Å². The Balaban J connectivity index is 1.64. The van der Waals surface area contributed by atoms with Crippen LogP contribution in [0, 0.1) is 0 Å². The first-order valence-electron chi connectivity index (χ1n) is 8.64. The van der Waals surface area contributed by atoms with Gasteiger partial charge in [0.15, 0.2) is 5.13 Å². The summed E-state index contributed by atoms with van der Waals surface area (Å²) in [5.74, 6) is 0.129. The number of methoxy groups -OCH3 is 1. The molecule has 3 rings (SSSR count). The summed E-state index contributed by atoms with van der Waals surface area (Å²) in [5.41, 5.74) is 1.22. The van der Waals surface area contributed by atoms with Gasteiger partial charge in [0.2, 0.25) is 5.91 Å². The number of thiazole rings is 1. The minimum Gasteiger partial charge on any atom is -0.495 e. The lowest BCUT2D eigenvalue weighted by molar-refractivity contribution is -0.145. The maximum absolute atomic E-state index is 12.2. The number of anilines is 2. The summed E-state index contributed by atoms with van der Waals surface area (Å²) < 4.78 is 10.7. The van der Waals surface area contributed by atoms with Crippen molar-refractivity contribution in [1.82, 2.24) is 4.98 Å². The van der Waals surface area contributed by atoms with Crippen molar-refractivity contribution < 1.29 is 19.1 Å². The zero-order chi connectivity index (χ0) is 19.9. The van der Waals surface area contributed by atoms with Gasteiger partial charge in [-0.15, -0.1) is 22.7 Å². The van der Waals surface area contributed by atoms with Crippen LogP contribution in [0.25, 0.3) is 0 Å². The van der Waals surface area contributed by atoms with E-state index in [0.29, 0.717) is 35.1 Å². The fourth-order valence-corrected chi connectivity index (χ4v) is 4.17. The molecule has 0 atom stereocenters. The molecule has 0 aliphatic rings. The summed E-state index contributed by atoms with van der Waals surface area (Å²) in [4.78, 5) is 31.3. The molecular formula is C20H20N2O4S2. The Labute approximate surface area is 171 Å². The summed E-state index contributed by atoms with van der Waals surface area (Å²) in [6.45, 7) is 1.55. The number of thiophene rings is 1. The molecule has 0 fully saturated rings. The Morgan fingerprint density at radius 3 is 2.68 bits per heavy atom. The van der Waals surface area contributed by atoms with E-state index in [-0.39, 0.29) is 18.5 Å². The number of ether oxygens (including phenoxy) is 2. The highest BCUT2D eigenvalue weighted by Crippen LogP contribution is 2.35. The zero-order valence-corrected chi connectivity index (χ0v) is 17.2. The normalized spacial score (nSPS) is 10.5. The molecule has 0 bridgehead atoms. The van der Waals surface area contributed by atoms with Crippen molar-refractivity contribution in [1.29, 1.82) is 0 Å². The largest absolute Gasteiger partial charge is 0.495 e. The molecule has 0 aliphatic heterocycles. The van der Waals surface area contributed by atoms with Gasteiger partial charge < -0.3 is 9.47 Å². The molecule has 0 saturated carbocycles. The molecule has 3 aromatic rings. The average molecular weight is 417 g/mol. The topological polar surface area (TPSA) is 68.7 Å². The van der Waals surface area contributed by atoms with E-state index in [9.17, 15) is 9.59 Å². The van der Waals surface area contributed by atoms with Crippen molar-refractivity contribution in [2.45, 2.75) is 26.4 Å². The molecule has 0 N–H and O–H groups in total. The number of carbonyl (C=O) groups excluding carboxylic acids is 2. The van der Waals surface area contributed by atoms with Gasteiger partial charge in [-0.2, -0.15) is 0 Å². The lowest BCUT2D eigenvalue weighted by Crippen LogP contribution is -2.23. The highest BCUT2D eigenvalue weighted by Gasteiger charge is 2.21. The maximum atomic E-state index is 12.2. The molecule has 0 radical (unpaired) electrons. The maximum Gasteiger partial charge on any atom is 0.306 e. The van der Waals surface area contributed by atoms with Crippen LogP contribution in [-0.2, 0) is 27.4 Å². The van der Waals surface area contributed by atoms with Crippen LogP contribution < -0.4 is 9.64 Å². The SMILES string of the molecule is COc1ccccc1N(C(C)=O)c1nc(COC(=O)CCc2cccs2)cs1. The van der Waals surface area contributed by atoms with E-state index in [1.165, 1.54) is 23.2 Å². The molecule has 1 amide bonds. The molecule has 2 heterocycles. The predicted octanol–water partition coefficient (Wildman–Crippen LogP) is 4.57. The molecule has 1 aromatic carbocycles. The highest BCUT2D eigenvalue weighted by atomic mass is 32.1. The van der Waals surface area contributed by atoms with Gasteiger partial charge in [-0.3, -0.25) is 14.5 Å². The Kier molecular flexibility index (Phi) is 6.78. The van der Waals surface area contributed by atoms with Crippen molar-refractivity contribution >= 4 is 45.4 Å². The van der Waals surface area contributed by atoms with E-state index >= 15 is 0 Å². The number of carbonyl (C=O) groups is 2. The van der Waals surface area contributed by atoms with E-state index in [1.807, 2.05) is 29.6 Å². The fourth-order valence-electron chi connectivity index (χ4n) is 2.59. The lowest BCUT2D eigenvalue weighted by Gasteiger charge is -2.20. The minimum absolute atomic E-state index is 0.0808. The zero-order valence-electron chi connectivity index (χ0n) is 15.6. The van der Waals surface area contributed by atoms with E-state index in [4.69, 9.17) is 9.47 Å². The quantitative estimate of drug-likeness (QED) is 0.503. The number of aromatic nitrogens is 1. The van der Waals surface area contributed by atoms with Crippen LogP contribution in [0.2, 0.25) is 0 Å². The lowest BCUT2D eigenvalue weighted by atomic mass is 10.2. The molecular weight excluding hydrogens is 396 g/mol. The molecule has 8 heteroatoms. The molecule has 28 heavy (non-hydrogen) atoms. The Morgan fingerprint density at radius 2 is 1.96 bits per heavy atom. The number of esters is 1. The third-order valence-electron chi connectivity index (χ3n) is 3.91. The van der Waals surface area contributed by atoms with E-state index in [0.717, 1.165) is 4.88 Å². The second-order valence-corrected chi connectivity index (χ2v) is 7.76. The van der Waals surface area contributed by atoms with Gasteiger partial charge >= 0.3 is 5.97 Å². The third-order valence-corrected chi connectivity index (χ3v) is 5.72. The minimum atomic E-state index is -0.267. The average Bonchev–Trinajstić information content (AvgIpc) is 3.37. The Morgan fingerprint density at radius 1 is 1.14 bits per heavy atom. The molecule has 0 unspecified atom stereocenters. The van der Waals surface area contributed by atoms with Crippen molar-refractivity contribution in [3.8, 4) is 5.75 Å². The summed E-state index contributed by atoms with van der Waals surface area (Å²) in [6, 6.07) is 11.2. The summed E-state index contributed by atoms with van der Waals surface area (Å²) >= 11 is 2.94. The second-order valence-electron chi connectivity index (χ2n) is 5.89. The molecule has 6 nitrogen and oxygen atoms in total. The van der Waals surface area contributed by atoms with Gasteiger partial charge in [0, 0.05) is 17.2 Å². The van der Waals surface area contributed by atoms with Crippen LogP contribution in [0.5, 0.6) is 5.75 Å². The number of hydrogen-bond acceptors (Lipinski definition) is 7. The summed E-state index contributed by atoms with van der Waals surface area (Å²) in [5, 5.41) is 4.27. The molecule has 0 spiro atoms. The van der Waals surface area contributed by atoms with Crippen molar-refractivity contribution in [2.75, 3.05) is 12.0 Å². The van der Waals surface area contributed by atoms with Crippen LogP contribution in [-0.4, -0.2) is 24.0 Å². The number of nitrogens with zero attached hydrogens (tertiary/aromatic N) is 2. The summed E-state index contributed by atoms with van der Waals surface area (Å²) in [7, 11) is 1.56. The number of rotatable bonds is 8. The Hall–Kier alpha value is -2.71. The van der Waals surface area contributed by atoms with Gasteiger partial charge in [-0.1, -0.05) is 18.2 Å². The van der Waals surface area contributed by atoms with Crippen molar-refractivity contribution in [3.05, 3.63) is 57.7 Å². The smallest absolute Gasteiger partial charge is 0.306 e. The van der Waals surface area contributed by atoms with Crippen LogP contribution in [0.4, 0.5) is 10.8 Å². The molecule has 0 saturated heterocycles. The number of benzene rings is 1. The van der Waals surface area contributed by atoms with Gasteiger partial charge in [0.05, 0.1) is 24.9 Å². The van der Waals surface area contributed by atoms with Crippen LogP contribution in [0.3, 0.4) is 0 Å². The monoisotopic (exact) mass is 416 g/mol. The molecule has 146 valence electrons. The van der Waals surface area contributed by atoms with Crippen molar-refractivity contribution in [3.63, 3.8) is 0 Å². The highest BCUT2D eigenvalue weighted by molar-refractivity contribution is 7.14. The van der Waals surface area contributed by atoms with Crippen LogP contribution >= 0.6 is 22.7 Å². The molecule has 0 aliphatic carbocycles. The van der Waals surface area contributed by atoms with Gasteiger partial charge in [-0.25, -0.2) is 4.98 Å². The Bertz CT molecular complexity index is 937. The summed E-state index contributed by atoms with van der Waals surface area (Å²) in [6.07, 6.45) is 1.00. The van der Waals surface area contributed by atoms with Crippen LogP contribution in [0.1, 0.15) is 23.9 Å². The third kappa shape index (κ3) is 4.96. The van der Waals surface area contributed by atoms with Gasteiger partial charge in [0.1, 0.15) is 12.4 Å². The van der Waals surface area contributed by atoms with Crippen molar-refractivity contribution in [2.24, 2.45) is 0 Å². The number of aryl methyl sites for hydroxylation is 1. The first-order chi connectivity index (χ1) is 13.6. The first-order valence-corrected chi connectivity index (χ1v) is 10.4. The fraction of sp³-hybridized carbons (Fsp3) is 0.250. The second kappa shape index (κ2) is 9.48. The first kappa shape index (κ1) is 20.0. The molecule has 2 aromatic heterocycles. The van der Waals surface area contributed by atoms with E-state index in [2.05, 4.69) is 4.98 Å². The van der Waals surface area contributed by atoms with Gasteiger partial charge in [0.25, 0.3) is 0 Å².